The Morgan fingerprint density at radius 1 is 1.26 bits per heavy atom. The maximum absolute atomic E-state index is 12.4. The minimum atomic E-state index is -0.971. The van der Waals surface area contributed by atoms with E-state index in [0.29, 0.717) is 11.3 Å². The van der Waals surface area contributed by atoms with Gasteiger partial charge in [-0.2, -0.15) is 0 Å². The molecule has 1 heterocycles. The lowest BCUT2D eigenvalue weighted by molar-refractivity contribution is -0.116. The van der Waals surface area contributed by atoms with Crippen LogP contribution in [0.2, 0.25) is 0 Å². The Kier molecular flexibility index (Phi) is 7.34. The number of phenols is 1. The molecular weight excluding hydrogens is 486 g/mol. The average molecular weight is 506 g/mol. The first-order valence-electron chi connectivity index (χ1n) is 9.14. The normalized spacial score (nSPS) is 18.4. The number of methoxy groups -OCH3 is 2. The summed E-state index contributed by atoms with van der Waals surface area (Å²) in [7, 11) is 2.82. The van der Waals surface area contributed by atoms with Gasteiger partial charge in [0.1, 0.15) is 0 Å². The van der Waals surface area contributed by atoms with Crippen molar-refractivity contribution in [3.8, 4) is 17.2 Å². The molecule has 3 rings (SSSR count). The number of thioether (sulfide) groups is 1. The molecule has 0 bridgehead atoms. The Balaban J connectivity index is 1.67. The van der Waals surface area contributed by atoms with Crippen LogP contribution in [0, 0.1) is 5.41 Å². The van der Waals surface area contributed by atoms with Crippen LogP contribution < -0.4 is 14.8 Å². The molecular formula is C21H20BrN3O5S. The molecule has 2 aromatic carbocycles. The summed E-state index contributed by atoms with van der Waals surface area (Å²) in [5.74, 6) is -0.0229. The smallest absolute Gasteiger partial charge is 0.225 e. The van der Waals surface area contributed by atoms with Crippen molar-refractivity contribution in [2.45, 2.75) is 17.7 Å². The highest BCUT2D eigenvalue weighted by Crippen LogP contribution is 2.37. The summed E-state index contributed by atoms with van der Waals surface area (Å²) in [4.78, 5) is 28.9. The van der Waals surface area contributed by atoms with Gasteiger partial charge in [-0.3, -0.25) is 14.6 Å². The molecule has 0 aromatic heterocycles. The van der Waals surface area contributed by atoms with E-state index >= 15 is 0 Å². The van der Waals surface area contributed by atoms with Crippen molar-refractivity contribution in [1.29, 1.82) is 5.41 Å². The zero-order valence-corrected chi connectivity index (χ0v) is 19.1. The third kappa shape index (κ3) is 5.45. The maximum Gasteiger partial charge on any atom is 0.225 e. The van der Waals surface area contributed by atoms with Crippen molar-refractivity contribution in [3.05, 3.63) is 46.4 Å². The molecule has 0 aliphatic carbocycles. The Morgan fingerprint density at radius 2 is 1.87 bits per heavy atom. The van der Waals surface area contributed by atoms with Gasteiger partial charge in [0.15, 0.2) is 17.5 Å². The van der Waals surface area contributed by atoms with E-state index in [1.807, 2.05) is 12.1 Å². The number of carbonyl (C=O) groups excluding carboxylic acids is 2. The van der Waals surface area contributed by atoms with Gasteiger partial charge in [-0.05, 0) is 42.0 Å². The van der Waals surface area contributed by atoms with E-state index in [0.717, 1.165) is 16.2 Å². The third-order valence-corrected chi connectivity index (χ3v) is 6.19. The fraction of sp³-hybridized carbons (Fsp3) is 0.238. The van der Waals surface area contributed by atoms with Crippen LogP contribution in [0.1, 0.15) is 12.0 Å². The number of ether oxygens (including phenoxy) is 2. The summed E-state index contributed by atoms with van der Waals surface area (Å²) in [6.07, 6.45) is 1.42. The zero-order chi connectivity index (χ0) is 22.5. The highest BCUT2D eigenvalue weighted by atomic mass is 79.9. The number of anilines is 1. The minimum Gasteiger partial charge on any atom is -0.502 e. The van der Waals surface area contributed by atoms with Gasteiger partial charge in [-0.1, -0.05) is 27.7 Å². The van der Waals surface area contributed by atoms with Crippen molar-refractivity contribution in [2.24, 2.45) is 4.99 Å². The number of rotatable bonds is 7. The fourth-order valence-electron chi connectivity index (χ4n) is 2.93. The van der Waals surface area contributed by atoms with Crippen LogP contribution in [0.25, 0.3) is 0 Å². The first-order valence-corrected chi connectivity index (χ1v) is 10.8. The van der Waals surface area contributed by atoms with Crippen LogP contribution in [0.3, 0.4) is 0 Å². The number of nitrogens with zero attached hydrogens (tertiary/aromatic N) is 1. The summed E-state index contributed by atoms with van der Waals surface area (Å²) in [5, 5.41) is 20.2. The lowest BCUT2D eigenvalue weighted by atomic mass is 10.1. The van der Waals surface area contributed by atoms with E-state index in [1.54, 1.807) is 24.3 Å². The molecule has 3 N–H and O–H groups in total. The van der Waals surface area contributed by atoms with Gasteiger partial charge in [0.2, 0.25) is 16.8 Å². The second-order valence-electron chi connectivity index (χ2n) is 6.59. The number of phenolic OH excluding ortho intramolecular Hbond substituents is 1. The number of hydrogen-bond acceptors (Lipinski definition) is 8. The van der Waals surface area contributed by atoms with Gasteiger partial charge in [-0.25, -0.2) is 0 Å². The van der Waals surface area contributed by atoms with Gasteiger partial charge in [0.05, 0.1) is 25.2 Å². The molecule has 1 fully saturated rings. The first-order chi connectivity index (χ1) is 14.8. The monoisotopic (exact) mass is 505 g/mol. The van der Waals surface area contributed by atoms with E-state index in [4.69, 9.17) is 14.9 Å². The predicted molar refractivity (Wildman–Crippen MR) is 124 cm³/mol. The minimum absolute atomic E-state index is 0.00181. The SMILES string of the molecule is COc1cc(C=NC2C(=N)C(CC(=O)Nc3ccc(Br)cc3)SC2=O)cc(OC)c1O. The van der Waals surface area contributed by atoms with Gasteiger partial charge < -0.3 is 25.3 Å². The first kappa shape index (κ1) is 22.8. The molecule has 2 aromatic rings. The lowest BCUT2D eigenvalue weighted by Gasteiger charge is -2.10. The summed E-state index contributed by atoms with van der Waals surface area (Å²) >= 11 is 4.27. The number of hydrogen-bond donors (Lipinski definition) is 3. The number of amides is 1. The molecule has 31 heavy (non-hydrogen) atoms. The largest absolute Gasteiger partial charge is 0.502 e. The Hall–Kier alpha value is -2.85. The summed E-state index contributed by atoms with van der Waals surface area (Å²) < 4.78 is 11.1. The molecule has 2 atom stereocenters. The van der Waals surface area contributed by atoms with Gasteiger partial charge in [0.25, 0.3) is 0 Å². The predicted octanol–water partition coefficient (Wildman–Crippen LogP) is 3.65. The van der Waals surface area contributed by atoms with Crippen LogP contribution in [0.5, 0.6) is 17.2 Å². The van der Waals surface area contributed by atoms with E-state index in [9.17, 15) is 14.7 Å². The molecule has 0 spiro atoms. The second kappa shape index (κ2) is 9.97. The van der Waals surface area contributed by atoms with E-state index < -0.39 is 11.3 Å². The fourth-order valence-corrected chi connectivity index (χ4v) is 4.28. The molecule has 1 aliphatic rings. The highest BCUT2D eigenvalue weighted by Gasteiger charge is 2.39. The average Bonchev–Trinajstić information content (AvgIpc) is 3.01. The molecule has 10 heteroatoms. The summed E-state index contributed by atoms with van der Waals surface area (Å²) in [5.41, 5.74) is 1.25. The quantitative estimate of drug-likeness (QED) is 0.493. The highest BCUT2D eigenvalue weighted by molar-refractivity contribution is 9.10. The Labute approximate surface area is 191 Å². The second-order valence-corrected chi connectivity index (χ2v) is 8.72. The van der Waals surface area contributed by atoms with Gasteiger partial charge in [-0.15, -0.1) is 0 Å². The number of aromatic hydroxyl groups is 1. The van der Waals surface area contributed by atoms with Crippen molar-refractivity contribution >= 4 is 56.3 Å². The van der Waals surface area contributed by atoms with Gasteiger partial charge >= 0.3 is 0 Å². The van der Waals surface area contributed by atoms with Crippen molar-refractivity contribution in [3.63, 3.8) is 0 Å². The number of benzene rings is 2. The van der Waals surface area contributed by atoms with E-state index in [-0.39, 0.29) is 40.4 Å². The summed E-state index contributed by atoms with van der Waals surface area (Å²) in [6, 6.07) is 9.25. The molecule has 8 nitrogen and oxygen atoms in total. The third-order valence-electron chi connectivity index (χ3n) is 4.50. The van der Waals surface area contributed by atoms with Crippen molar-refractivity contribution in [1.82, 2.24) is 0 Å². The molecule has 1 saturated heterocycles. The van der Waals surface area contributed by atoms with Gasteiger partial charge in [0, 0.05) is 22.8 Å². The number of nitrogens with one attached hydrogen (secondary N) is 2. The Bertz CT molecular complexity index is 1020. The molecule has 0 saturated carbocycles. The molecule has 1 amide bonds. The van der Waals surface area contributed by atoms with Crippen LogP contribution >= 0.6 is 27.7 Å². The number of aliphatic imine (C=N–C) groups is 1. The standard InChI is InChI=1S/C21H20BrN3O5S/c1-29-14-7-11(8-15(30-2)20(14)27)10-24-19-18(23)16(31-21(19)28)9-17(26)25-13-5-3-12(22)4-6-13/h3-8,10,16,19,23,27H,9H2,1-2H3,(H,25,26). The molecule has 162 valence electrons. The number of carbonyl (C=O) groups is 2. The summed E-state index contributed by atoms with van der Waals surface area (Å²) in [6.45, 7) is 0. The molecule has 1 aliphatic heterocycles. The van der Waals surface area contributed by atoms with Crippen molar-refractivity contribution in [2.75, 3.05) is 19.5 Å². The number of halogens is 1. The molecule has 0 radical (unpaired) electrons. The Morgan fingerprint density at radius 3 is 2.45 bits per heavy atom. The topological polar surface area (TPSA) is 121 Å². The maximum atomic E-state index is 12.4. The lowest BCUT2D eigenvalue weighted by Crippen LogP contribution is -2.26. The van der Waals surface area contributed by atoms with Crippen LogP contribution in [0.15, 0.2) is 45.9 Å². The van der Waals surface area contributed by atoms with Crippen molar-refractivity contribution < 1.29 is 24.2 Å². The van der Waals surface area contributed by atoms with Crippen LogP contribution in [-0.4, -0.2) is 53.6 Å². The van der Waals surface area contributed by atoms with E-state index in [2.05, 4.69) is 26.2 Å². The van der Waals surface area contributed by atoms with Crippen LogP contribution in [-0.2, 0) is 9.59 Å². The molecule has 2 unspecified atom stereocenters. The van der Waals surface area contributed by atoms with E-state index in [1.165, 1.54) is 20.4 Å². The zero-order valence-electron chi connectivity index (χ0n) is 16.7. The van der Waals surface area contributed by atoms with Crippen LogP contribution in [0.4, 0.5) is 5.69 Å².